The molecule has 0 aromatic heterocycles. The molecule has 1 unspecified atom stereocenters. The lowest BCUT2D eigenvalue weighted by molar-refractivity contribution is -0.145. The Hall–Kier alpha value is -1.13. The van der Waals surface area contributed by atoms with Crippen LogP contribution in [0.3, 0.4) is 0 Å². The lowest BCUT2D eigenvalue weighted by Crippen LogP contribution is -2.30. The average Bonchev–Trinajstić information content (AvgIpc) is 2.34. The average molecular weight is 312 g/mol. The second kappa shape index (κ2) is 7.34. The van der Waals surface area contributed by atoms with Crippen molar-refractivity contribution in [2.75, 3.05) is 13.2 Å². The zero-order chi connectivity index (χ0) is 13.5. The van der Waals surface area contributed by atoms with Gasteiger partial charge in [-0.2, -0.15) is 0 Å². The summed E-state index contributed by atoms with van der Waals surface area (Å²) >= 11 is 3.47. The van der Waals surface area contributed by atoms with E-state index in [4.69, 9.17) is 4.74 Å². The molecule has 3 nitrogen and oxygen atoms in total. The van der Waals surface area contributed by atoms with Crippen LogP contribution >= 0.6 is 15.9 Å². The normalized spacial score (nSPS) is 11.9. The molecule has 0 heterocycles. The van der Waals surface area contributed by atoms with Crippen LogP contribution in [0, 0.1) is 6.92 Å². The second-order valence-electron chi connectivity index (χ2n) is 3.89. The van der Waals surface area contributed by atoms with Crippen LogP contribution in [0.1, 0.15) is 24.1 Å². The summed E-state index contributed by atoms with van der Waals surface area (Å²) in [5.41, 5.74) is 2.01. The predicted octanol–water partition coefficient (Wildman–Crippen LogP) is 3.14. The summed E-state index contributed by atoms with van der Waals surface area (Å²) in [5, 5.41) is 3.10. The summed E-state index contributed by atoms with van der Waals surface area (Å²) in [6.07, 6.45) is 1.72. The number of benzene rings is 1. The quantitative estimate of drug-likeness (QED) is 0.648. The fourth-order valence-corrected chi connectivity index (χ4v) is 1.95. The maximum atomic E-state index is 11.9. The molecule has 0 aliphatic rings. The molecule has 0 fully saturated rings. The van der Waals surface area contributed by atoms with Gasteiger partial charge in [-0.3, -0.25) is 5.32 Å². The highest BCUT2D eigenvalue weighted by molar-refractivity contribution is 9.10. The Kier molecular flexibility index (Phi) is 6.09. The van der Waals surface area contributed by atoms with Gasteiger partial charge in [-0.15, -0.1) is 6.58 Å². The molecule has 1 rings (SSSR count). The molecule has 1 aromatic carbocycles. The number of aryl methyl sites for hydroxylation is 1. The predicted molar refractivity (Wildman–Crippen MR) is 76.5 cm³/mol. The standard InChI is InChI=1S/C14H18BrNO2/c1-4-8-16-13(14(17)18-5-2)11-7-6-10(3)12(15)9-11/h4,6-7,9,13,16H,1,5,8H2,2-3H3. The van der Waals surface area contributed by atoms with E-state index in [-0.39, 0.29) is 5.97 Å². The van der Waals surface area contributed by atoms with E-state index in [1.165, 1.54) is 0 Å². The minimum absolute atomic E-state index is 0.268. The maximum Gasteiger partial charge on any atom is 0.327 e. The third-order valence-corrected chi connectivity index (χ3v) is 3.37. The third kappa shape index (κ3) is 3.96. The van der Waals surface area contributed by atoms with E-state index < -0.39 is 6.04 Å². The molecule has 1 atom stereocenters. The van der Waals surface area contributed by atoms with Gasteiger partial charge in [0.05, 0.1) is 6.61 Å². The van der Waals surface area contributed by atoms with Gasteiger partial charge >= 0.3 is 5.97 Å². The molecule has 1 aromatic rings. The van der Waals surface area contributed by atoms with Crippen molar-refractivity contribution < 1.29 is 9.53 Å². The first kappa shape index (κ1) is 14.9. The Morgan fingerprint density at radius 1 is 1.61 bits per heavy atom. The second-order valence-corrected chi connectivity index (χ2v) is 4.74. The van der Waals surface area contributed by atoms with E-state index in [1.54, 1.807) is 13.0 Å². The summed E-state index contributed by atoms with van der Waals surface area (Å²) in [6.45, 7) is 8.37. The van der Waals surface area contributed by atoms with Gasteiger partial charge in [0.1, 0.15) is 6.04 Å². The molecular formula is C14H18BrNO2. The van der Waals surface area contributed by atoms with Crippen LogP contribution < -0.4 is 5.32 Å². The maximum absolute atomic E-state index is 11.9. The van der Waals surface area contributed by atoms with Crippen LogP contribution in [0.5, 0.6) is 0 Å². The number of hydrogen-bond acceptors (Lipinski definition) is 3. The molecule has 0 saturated heterocycles. The minimum Gasteiger partial charge on any atom is -0.465 e. The molecule has 18 heavy (non-hydrogen) atoms. The van der Waals surface area contributed by atoms with Crippen LogP contribution in [-0.4, -0.2) is 19.1 Å². The third-order valence-electron chi connectivity index (χ3n) is 2.52. The van der Waals surface area contributed by atoms with Crippen molar-refractivity contribution in [3.8, 4) is 0 Å². The van der Waals surface area contributed by atoms with E-state index in [9.17, 15) is 4.79 Å². The number of rotatable bonds is 6. The molecule has 1 N–H and O–H groups in total. The van der Waals surface area contributed by atoms with Crippen LogP contribution in [0.2, 0.25) is 0 Å². The van der Waals surface area contributed by atoms with Crippen molar-refractivity contribution in [3.63, 3.8) is 0 Å². The smallest absolute Gasteiger partial charge is 0.327 e. The van der Waals surface area contributed by atoms with Crippen molar-refractivity contribution in [2.45, 2.75) is 19.9 Å². The van der Waals surface area contributed by atoms with Crippen molar-refractivity contribution in [1.82, 2.24) is 5.32 Å². The molecule has 0 aliphatic carbocycles. The molecule has 0 bridgehead atoms. The monoisotopic (exact) mass is 311 g/mol. The Bertz CT molecular complexity index is 432. The number of ether oxygens (including phenoxy) is 1. The summed E-state index contributed by atoms with van der Waals surface area (Å²) < 4.78 is 6.06. The summed E-state index contributed by atoms with van der Waals surface area (Å²) in [6, 6.07) is 5.38. The number of carbonyl (C=O) groups is 1. The Morgan fingerprint density at radius 2 is 2.33 bits per heavy atom. The van der Waals surface area contributed by atoms with Gasteiger partial charge in [-0.1, -0.05) is 34.1 Å². The molecular weight excluding hydrogens is 294 g/mol. The van der Waals surface area contributed by atoms with Gasteiger partial charge in [0.2, 0.25) is 0 Å². The van der Waals surface area contributed by atoms with E-state index >= 15 is 0 Å². The van der Waals surface area contributed by atoms with Crippen LogP contribution in [0.25, 0.3) is 0 Å². The summed E-state index contributed by atoms with van der Waals surface area (Å²) in [7, 11) is 0. The number of esters is 1. The Morgan fingerprint density at radius 3 is 2.89 bits per heavy atom. The van der Waals surface area contributed by atoms with Gasteiger partial charge in [0, 0.05) is 11.0 Å². The van der Waals surface area contributed by atoms with Crippen molar-refractivity contribution in [3.05, 3.63) is 46.5 Å². The van der Waals surface area contributed by atoms with Crippen molar-refractivity contribution in [1.29, 1.82) is 0 Å². The SMILES string of the molecule is C=CCNC(C(=O)OCC)c1ccc(C)c(Br)c1. The van der Waals surface area contributed by atoms with E-state index in [0.29, 0.717) is 13.2 Å². The largest absolute Gasteiger partial charge is 0.465 e. The van der Waals surface area contributed by atoms with E-state index in [1.807, 2.05) is 25.1 Å². The van der Waals surface area contributed by atoms with Crippen molar-refractivity contribution >= 4 is 21.9 Å². The molecule has 0 radical (unpaired) electrons. The molecule has 0 saturated carbocycles. The zero-order valence-electron chi connectivity index (χ0n) is 10.7. The van der Waals surface area contributed by atoms with Gasteiger partial charge in [0.25, 0.3) is 0 Å². The summed E-state index contributed by atoms with van der Waals surface area (Å²) in [5.74, 6) is -0.268. The fraction of sp³-hybridized carbons (Fsp3) is 0.357. The van der Waals surface area contributed by atoms with Crippen molar-refractivity contribution in [2.24, 2.45) is 0 Å². The highest BCUT2D eigenvalue weighted by Crippen LogP contribution is 2.22. The van der Waals surface area contributed by atoms with E-state index in [2.05, 4.69) is 27.8 Å². The lowest BCUT2D eigenvalue weighted by atomic mass is 10.1. The van der Waals surface area contributed by atoms with Crippen LogP contribution in [-0.2, 0) is 9.53 Å². The lowest BCUT2D eigenvalue weighted by Gasteiger charge is -2.17. The van der Waals surface area contributed by atoms with E-state index in [0.717, 1.165) is 15.6 Å². The number of carbonyl (C=O) groups excluding carboxylic acids is 1. The fourth-order valence-electron chi connectivity index (χ4n) is 1.55. The molecule has 0 amide bonds. The van der Waals surface area contributed by atoms with Gasteiger partial charge in [-0.05, 0) is 31.0 Å². The highest BCUT2D eigenvalue weighted by Gasteiger charge is 2.21. The van der Waals surface area contributed by atoms with Gasteiger partial charge < -0.3 is 4.74 Å². The minimum atomic E-state index is -0.458. The molecule has 0 spiro atoms. The van der Waals surface area contributed by atoms with Crippen LogP contribution in [0.15, 0.2) is 35.3 Å². The molecule has 0 aliphatic heterocycles. The Balaban J connectivity index is 2.96. The first-order valence-corrected chi connectivity index (χ1v) is 6.66. The summed E-state index contributed by atoms with van der Waals surface area (Å²) in [4.78, 5) is 11.9. The van der Waals surface area contributed by atoms with Crippen LogP contribution in [0.4, 0.5) is 0 Å². The topological polar surface area (TPSA) is 38.3 Å². The first-order chi connectivity index (χ1) is 8.60. The van der Waals surface area contributed by atoms with Gasteiger partial charge in [-0.25, -0.2) is 4.79 Å². The zero-order valence-corrected chi connectivity index (χ0v) is 12.3. The number of hydrogen-bond donors (Lipinski definition) is 1. The highest BCUT2D eigenvalue weighted by atomic mass is 79.9. The number of halogens is 1. The Labute approximate surface area is 116 Å². The molecule has 98 valence electrons. The van der Waals surface area contributed by atoms with Gasteiger partial charge in [0.15, 0.2) is 0 Å². The number of nitrogens with one attached hydrogen (secondary N) is 1. The molecule has 4 heteroatoms. The first-order valence-electron chi connectivity index (χ1n) is 5.87.